The predicted molar refractivity (Wildman–Crippen MR) is 77.1 cm³/mol. The highest BCUT2D eigenvalue weighted by Gasteiger charge is 2.20. The van der Waals surface area contributed by atoms with Crippen molar-refractivity contribution < 1.29 is 13.2 Å². The third-order valence-corrected chi connectivity index (χ3v) is 4.47. The van der Waals surface area contributed by atoms with E-state index in [2.05, 4.69) is 12.2 Å². The van der Waals surface area contributed by atoms with Crippen molar-refractivity contribution >= 4 is 16.2 Å². The number of amides is 2. The maximum absolute atomic E-state index is 11.7. The summed E-state index contributed by atoms with van der Waals surface area (Å²) in [5.41, 5.74) is 0. The molecule has 0 radical (unpaired) electrons. The molecule has 0 saturated carbocycles. The van der Waals surface area contributed by atoms with Gasteiger partial charge in [0.05, 0.1) is 0 Å². The third-order valence-electron chi connectivity index (χ3n) is 2.83. The molecule has 0 aliphatic rings. The molecule has 0 aliphatic heterocycles. The Kier molecular flexibility index (Phi) is 9.59. The lowest BCUT2D eigenvalue weighted by Gasteiger charge is -2.18. The number of carbonyl (C=O) groups excluding carboxylic acids is 1. The standard InChI is InChI=1S/C12H27N3O3S/c1-4-7-8-9-10-11-13-12(16)14-19(17,18)15(5-2)6-3/h4-11H2,1-3H3,(H2,13,14,16). The minimum atomic E-state index is -3.70. The molecule has 0 aromatic rings. The molecule has 0 rings (SSSR count). The fourth-order valence-electron chi connectivity index (χ4n) is 1.71. The van der Waals surface area contributed by atoms with E-state index in [1.165, 1.54) is 17.1 Å². The molecule has 19 heavy (non-hydrogen) atoms. The van der Waals surface area contributed by atoms with E-state index in [-0.39, 0.29) is 0 Å². The maximum atomic E-state index is 11.7. The third kappa shape index (κ3) is 8.05. The molecule has 114 valence electrons. The lowest BCUT2D eigenvalue weighted by Crippen LogP contribution is -2.47. The van der Waals surface area contributed by atoms with Gasteiger partial charge in [-0.25, -0.2) is 9.52 Å². The number of urea groups is 1. The normalized spacial score (nSPS) is 11.6. The van der Waals surface area contributed by atoms with Crippen LogP contribution in [-0.4, -0.2) is 38.4 Å². The molecule has 0 atom stereocenters. The van der Waals surface area contributed by atoms with Gasteiger partial charge in [-0.15, -0.1) is 0 Å². The zero-order chi connectivity index (χ0) is 14.7. The van der Waals surface area contributed by atoms with E-state index in [9.17, 15) is 13.2 Å². The molecule has 0 bridgehead atoms. The van der Waals surface area contributed by atoms with Gasteiger partial charge >= 0.3 is 16.2 Å². The molecule has 0 heterocycles. The van der Waals surface area contributed by atoms with Gasteiger partial charge in [0, 0.05) is 19.6 Å². The van der Waals surface area contributed by atoms with Crippen molar-refractivity contribution in [2.75, 3.05) is 19.6 Å². The van der Waals surface area contributed by atoms with Crippen LogP contribution >= 0.6 is 0 Å². The molecule has 6 nitrogen and oxygen atoms in total. The van der Waals surface area contributed by atoms with Crippen LogP contribution < -0.4 is 10.0 Å². The lowest BCUT2D eigenvalue weighted by molar-refractivity contribution is 0.245. The second kappa shape index (κ2) is 10.0. The summed E-state index contributed by atoms with van der Waals surface area (Å²) >= 11 is 0. The molecule has 0 aromatic carbocycles. The van der Waals surface area contributed by atoms with Crippen LogP contribution in [0.15, 0.2) is 0 Å². The number of carbonyl (C=O) groups is 1. The van der Waals surface area contributed by atoms with Crippen molar-refractivity contribution in [1.29, 1.82) is 0 Å². The van der Waals surface area contributed by atoms with E-state index < -0.39 is 16.2 Å². The molecule has 0 unspecified atom stereocenters. The van der Waals surface area contributed by atoms with Gasteiger partial charge in [0.15, 0.2) is 0 Å². The van der Waals surface area contributed by atoms with E-state index in [1.54, 1.807) is 13.8 Å². The zero-order valence-corrected chi connectivity index (χ0v) is 13.1. The van der Waals surface area contributed by atoms with Crippen LogP contribution in [0.25, 0.3) is 0 Å². The summed E-state index contributed by atoms with van der Waals surface area (Å²) in [7, 11) is -3.70. The van der Waals surface area contributed by atoms with E-state index >= 15 is 0 Å². The van der Waals surface area contributed by atoms with Crippen LogP contribution in [0.5, 0.6) is 0 Å². The van der Waals surface area contributed by atoms with Crippen LogP contribution in [-0.2, 0) is 10.2 Å². The molecule has 0 aliphatic carbocycles. The van der Waals surface area contributed by atoms with Crippen LogP contribution in [0.2, 0.25) is 0 Å². The summed E-state index contributed by atoms with van der Waals surface area (Å²) in [5.74, 6) is 0. The van der Waals surface area contributed by atoms with E-state index in [0.29, 0.717) is 19.6 Å². The first-order chi connectivity index (χ1) is 8.97. The Hall–Kier alpha value is -0.820. The zero-order valence-electron chi connectivity index (χ0n) is 12.2. The van der Waals surface area contributed by atoms with Gasteiger partial charge in [-0.05, 0) is 6.42 Å². The highest BCUT2D eigenvalue weighted by atomic mass is 32.2. The Morgan fingerprint density at radius 2 is 1.58 bits per heavy atom. The number of hydrogen-bond donors (Lipinski definition) is 2. The molecule has 0 saturated heterocycles. The van der Waals surface area contributed by atoms with Gasteiger partial charge in [0.1, 0.15) is 0 Å². The van der Waals surface area contributed by atoms with Crippen molar-refractivity contribution in [3.63, 3.8) is 0 Å². The topological polar surface area (TPSA) is 78.5 Å². The predicted octanol–water partition coefficient (Wildman–Crippen LogP) is 1.84. The fraction of sp³-hybridized carbons (Fsp3) is 0.917. The van der Waals surface area contributed by atoms with Crippen molar-refractivity contribution in [3.05, 3.63) is 0 Å². The number of rotatable bonds is 10. The Morgan fingerprint density at radius 3 is 2.11 bits per heavy atom. The summed E-state index contributed by atoms with van der Waals surface area (Å²) in [5, 5.41) is 2.56. The monoisotopic (exact) mass is 293 g/mol. The molecule has 2 amide bonds. The summed E-state index contributed by atoms with van der Waals surface area (Å²) in [6.45, 7) is 6.79. The molecular weight excluding hydrogens is 266 g/mol. The Bertz CT molecular complexity index is 340. The van der Waals surface area contributed by atoms with Gasteiger partial charge in [-0.1, -0.05) is 46.5 Å². The van der Waals surface area contributed by atoms with E-state index in [4.69, 9.17) is 0 Å². The van der Waals surface area contributed by atoms with Crippen molar-refractivity contribution in [1.82, 2.24) is 14.3 Å². The number of nitrogens with one attached hydrogen (secondary N) is 2. The number of nitrogens with zero attached hydrogens (tertiary/aromatic N) is 1. The largest absolute Gasteiger partial charge is 0.337 e. The van der Waals surface area contributed by atoms with Crippen molar-refractivity contribution in [2.24, 2.45) is 0 Å². The molecule has 7 heteroatoms. The minimum Gasteiger partial charge on any atom is -0.337 e. The average Bonchev–Trinajstić information content (AvgIpc) is 2.34. The van der Waals surface area contributed by atoms with Crippen LogP contribution in [0, 0.1) is 0 Å². The summed E-state index contributed by atoms with van der Waals surface area (Å²) in [4.78, 5) is 11.5. The average molecular weight is 293 g/mol. The lowest BCUT2D eigenvalue weighted by atomic mass is 10.1. The van der Waals surface area contributed by atoms with Gasteiger partial charge in [-0.3, -0.25) is 0 Å². The SMILES string of the molecule is CCCCCCCNC(=O)NS(=O)(=O)N(CC)CC. The summed E-state index contributed by atoms with van der Waals surface area (Å²) in [6.07, 6.45) is 5.45. The quantitative estimate of drug-likeness (QED) is 0.603. The van der Waals surface area contributed by atoms with Crippen LogP contribution in [0.3, 0.4) is 0 Å². The summed E-state index contributed by atoms with van der Waals surface area (Å²) in [6, 6.07) is -0.651. The first kappa shape index (κ1) is 18.2. The number of unbranched alkanes of at least 4 members (excludes halogenated alkanes) is 4. The fourth-order valence-corrected chi connectivity index (χ4v) is 2.83. The van der Waals surface area contributed by atoms with Gasteiger partial charge in [0.25, 0.3) is 0 Å². The Morgan fingerprint density at radius 1 is 1.00 bits per heavy atom. The molecule has 0 spiro atoms. The van der Waals surface area contributed by atoms with E-state index in [0.717, 1.165) is 19.3 Å². The summed E-state index contributed by atoms with van der Waals surface area (Å²) < 4.78 is 26.7. The first-order valence-corrected chi connectivity index (χ1v) is 8.47. The molecule has 0 fully saturated rings. The molecule has 0 aromatic heterocycles. The van der Waals surface area contributed by atoms with Crippen molar-refractivity contribution in [2.45, 2.75) is 52.9 Å². The van der Waals surface area contributed by atoms with Crippen LogP contribution in [0.1, 0.15) is 52.9 Å². The van der Waals surface area contributed by atoms with Gasteiger partial charge in [-0.2, -0.15) is 12.7 Å². The Labute approximate surface area is 117 Å². The Balaban J connectivity index is 3.91. The second-order valence-electron chi connectivity index (χ2n) is 4.36. The smallest absolute Gasteiger partial charge is 0.329 e. The highest BCUT2D eigenvalue weighted by Crippen LogP contribution is 2.01. The van der Waals surface area contributed by atoms with Crippen LogP contribution in [0.4, 0.5) is 4.79 Å². The van der Waals surface area contributed by atoms with Gasteiger partial charge < -0.3 is 5.32 Å². The van der Waals surface area contributed by atoms with Gasteiger partial charge in [0.2, 0.25) is 0 Å². The van der Waals surface area contributed by atoms with Crippen molar-refractivity contribution in [3.8, 4) is 0 Å². The second-order valence-corrected chi connectivity index (χ2v) is 6.03. The van der Waals surface area contributed by atoms with E-state index in [1.807, 2.05) is 4.72 Å². The minimum absolute atomic E-state index is 0.343. The first-order valence-electron chi connectivity index (χ1n) is 7.03. The maximum Gasteiger partial charge on any atom is 0.329 e. The number of hydrogen-bond acceptors (Lipinski definition) is 3. The molecular formula is C12H27N3O3S. The highest BCUT2D eigenvalue weighted by molar-refractivity contribution is 7.87. The molecule has 2 N–H and O–H groups in total.